The van der Waals surface area contributed by atoms with E-state index in [0.717, 1.165) is 31.4 Å². The van der Waals surface area contributed by atoms with E-state index in [0.29, 0.717) is 144 Å². The van der Waals surface area contributed by atoms with Gasteiger partial charge < -0.3 is 62.2 Å². The third-order valence-corrected chi connectivity index (χ3v) is 7.22. The molecular formula is C38H67NO14. The molecule has 0 spiro atoms. The first-order valence-electron chi connectivity index (χ1n) is 19.0. The molecule has 0 aliphatic carbocycles. The summed E-state index contributed by atoms with van der Waals surface area (Å²) in [7, 11) is 0. The van der Waals surface area contributed by atoms with Crippen molar-refractivity contribution in [2.24, 2.45) is 5.92 Å². The highest BCUT2D eigenvalue weighted by Gasteiger charge is 2.17. The number of hydrogen-bond donors (Lipinski definition) is 1. The summed E-state index contributed by atoms with van der Waals surface area (Å²) < 4.78 is 65.7. The van der Waals surface area contributed by atoms with Crippen LogP contribution >= 0.6 is 0 Å². The Hall–Kier alpha value is -2.44. The van der Waals surface area contributed by atoms with Crippen LogP contribution in [0.1, 0.15) is 46.5 Å². The molecule has 0 bridgehead atoms. The van der Waals surface area contributed by atoms with Gasteiger partial charge in [0.25, 0.3) is 0 Å². The topological polar surface area (TPSA) is 157 Å². The number of unbranched alkanes of at least 4 members (excludes halogenated alkanes) is 1. The van der Waals surface area contributed by atoms with Crippen molar-refractivity contribution in [3.05, 3.63) is 24.3 Å². The smallest absolute Gasteiger partial charge is 0.308 e. The van der Waals surface area contributed by atoms with E-state index in [2.05, 4.69) is 12.2 Å². The summed E-state index contributed by atoms with van der Waals surface area (Å²) in [6, 6.07) is 7.17. The highest BCUT2D eigenvalue weighted by molar-refractivity contribution is 5.88. The molecule has 53 heavy (non-hydrogen) atoms. The van der Waals surface area contributed by atoms with Crippen LogP contribution in [-0.4, -0.2) is 157 Å². The molecule has 0 saturated carbocycles. The summed E-state index contributed by atoms with van der Waals surface area (Å²) >= 11 is 0. The van der Waals surface area contributed by atoms with Crippen LogP contribution in [0.25, 0.3) is 0 Å². The molecule has 1 amide bonds. The van der Waals surface area contributed by atoms with E-state index >= 15 is 0 Å². The van der Waals surface area contributed by atoms with E-state index in [9.17, 15) is 9.59 Å². The predicted octanol–water partition coefficient (Wildman–Crippen LogP) is 3.95. The van der Waals surface area contributed by atoms with Crippen molar-refractivity contribution in [3.8, 4) is 5.75 Å². The quantitative estimate of drug-likeness (QED) is 0.0758. The van der Waals surface area contributed by atoms with E-state index < -0.39 is 0 Å². The second-order valence-corrected chi connectivity index (χ2v) is 11.6. The average Bonchev–Trinajstić information content (AvgIpc) is 3.15. The number of amides is 1. The second-order valence-electron chi connectivity index (χ2n) is 11.6. The molecule has 1 aromatic rings. The summed E-state index contributed by atoms with van der Waals surface area (Å²) in [4.78, 5) is 23.1. The fraction of sp³-hybridized carbons (Fsp3) is 0.789. The zero-order chi connectivity index (χ0) is 38.3. The Morgan fingerprint density at radius 3 is 1.17 bits per heavy atom. The molecule has 15 heteroatoms. The van der Waals surface area contributed by atoms with Crippen LogP contribution in [0.5, 0.6) is 5.75 Å². The number of rotatable bonds is 40. The summed E-state index contributed by atoms with van der Waals surface area (Å²) in [5.41, 5.74) is 0.729. The van der Waals surface area contributed by atoms with E-state index in [1.165, 1.54) is 6.92 Å². The lowest BCUT2D eigenvalue weighted by atomic mass is 10.00. The highest BCUT2D eigenvalue weighted by atomic mass is 16.6. The van der Waals surface area contributed by atoms with Gasteiger partial charge >= 0.3 is 5.97 Å². The first kappa shape index (κ1) is 48.6. The van der Waals surface area contributed by atoms with Crippen molar-refractivity contribution in [1.82, 2.24) is 0 Å². The Morgan fingerprint density at radius 2 is 0.849 bits per heavy atom. The fourth-order valence-electron chi connectivity index (χ4n) is 4.40. The van der Waals surface area contributed by atoms with Crippen molar-refractivity contribution >= 4 is 17.6 Å². The monoisotopic (exact) mass is 761 g/mol. The van der Waals surface area contributed by atoms with Crippen LogP contribution in [0.15, 0.2) is 24.3 Å². The zero-order valence-electron chi connectivity index (χ0n) is 32.5. The molecular weight excluding hydrogens is 694 g/mol. The van der Waals surface area contributed by atoms with Gasteiger partial charge in [-0.05, 0) is 37.1 Å². The minimum Gasteiger partial charge on any atom is -0.491 e. The Labute approximate surface area is 316 Å². The van der Waals surface area contributed by atoms with Crippen LogP contribution in [0.3, 0.4) is 0 Å². The first-order valence-corrected chi connectivity index (χ1v) is 19.0. The number of benzene rings is 1. The Bertz CT molecular complexity index is 955. The Kier molecular flexibility index (Phi) is 34.7. The van der Waals surface area contributed by atoms with Gasteiger partial charge in [0.1, 0.15) is 19.0 Å². The minimum atomic E-state index is -0.124. The maximum Gasteiger partial charge on any atom is 0.308 e. The van der Waals surface area contributed by atoms with Crippen LogP contribution in [0, 0.1) is 5.92 Å². The molecule has 15 nitrogen and oxygen atoms in total. The molecule has 1 aromatic carbocycles. The molecule has 308 valence electrons. The third-order valence-electron chi connectivity index (χ3n) is 7.22. The summed E-state index contributed by atoms with van der Waals surface area (Å²) in [6.45, 7) is 15.8. The number of esters is 1. The number of hydrogen-bond acceptors (Lipinski definition) is 14. The first-order chi connectivity index (χ1) is 26.1. The largest absolute Gasteiger partial charge is 0.491 e. The molecule has 0 aromatic heterocycles. The minimum absolute atomic E-state index is 0.00823. The standard InChI is InChI=1S/C38H67NO14/c1-4-6-7-35(5-2)38(41)53-33-31-51-29-27-49-25-23-47-21-19-45-17-15-43-13-12-42-14-16-44-18-20-46-22-24-48-26-28-50-30-32-52-37-10-8-36(9-11-37)39-34(3)40/h8-11,35H,4-7,12-33H2,1-3H3,(H,39,40). The average molecular weight is 762 g/mol. The number of nitrogens with one attached hydrogen (secondary N) is 1. The van der Waals surface area contributed by atoms with E-state index in [1.807, 2.05) is 6.92 Å². The van der Waals surface area contributed by atoms with Crippen molar-refractivity contribution in [2.45, 2.75) is 46.5 Å². The van der Waals surface area contributed by atoms with Crippen LogP contribution in [0.2, 0.25) is 0 Å². The van der Waals surface area contributed by atoms with Gasteiger partial charge in [-0.3, -0.25) is 9.59 Å². The van der Waals surface area contributed by atoms with Crippen LogP contribution in [0.4, 0.5) is 5.69 Å². The van der Waals surface area contributed by atoms with Gasteiger partial charge in [0.15, 0.2) is 0 Å². The van der Waals surface area contributed by atoms with Crippen LogP contribution in [-0.2, 0) is 61.7 Å². The molecule has 0 aliphatic rings. The van der Waals surface area contributed by atoms with E-state index in [1.54, 1.807) is 24.3 Å². The van der Waals surface area contributed by atoms with E-state index in [-0.39, 0.29) is 24.4 Å². The molecule has 0 fully saturated rings. The van der Waals surface area contributed by atoms with Gasteiger partial charge in [0.05, 0.1) is 138 Å². The lowest BCUT2D eigenvalue weighted by Gasteiger charge is -2.13. The molecule has 1 N–H and O–H groups in total. The van der Waals surface area contributed by atoms with Gasteiger partial charge in [-0.25, -0.2) is 0 Å². The number of carbonyl (C=O) groups excluding carboxylic acids is 2. The van der Waals surface area contributed by atoms with Crippen molar-refractivity contribution in [2.75, 3.05) is 151 Å². The molecule has 1 rings (SSSR count). The highest BCUT2D eigenvalue weighted by Crippen LogP contribution is 2.16. The zero-order valence-corrected chi connectivity index (χ0v) is 32.5. The number of carbonyl (C=O) groups is 2. The molecule has 1 unspecified atom stereocenters. The summed E-state index contributed by atoms with van der Waals surface area (Å²) in [5.74, 6) is 0.471. The van der Waals surface area contributed by atoms with Crippen molar-refractivity contribution in [3.63, 3.8) is 0 Å². The lowest BCUT2D eigenvalue weighted by molar-refractivity contribution is -0.150. The third kappa shape index (κ3) is 32.7. The number of ether oxygens (including phenoxy) is 12. The molecule has 0 aliphatic heterocycles. The number of anilines is 1. The molecule has 0 radical (unpaired) electrons. The molecule has 0 heterocycles. The SMILES string of the molecule is CCCCC(CC)C(=O)OCCOCCOCCOCCOCCOCCOCCOCCOCCOCCOCCOc1ccc(NC(C)=O)cc1. The maximum absolute atomic E-state index is 12.0. The van der Waals surface area contributed by atoms with Gasteiger partial charge in [0, 0.05) is 12.6 Å². The van der Waals surface area contributed by atoms with Gasteiger partial charge in [-0.2, -0.15) is 0 Å². The predicted molar refractivity (Wildman–Crippen MR) is 199 cm³/mol. The Balaban J connectivity index is 1.68. The molecule has 1 atom stereocenters. The summed E-state index contributed by atoms with van der Waals surface area (Å²) in [6.07, 6.45) is 3.82. The lowest BCUT2D eigenvalue weighted by Crippen LogP contribution is -2.20. The van der Waals surface area contributed by atoms with Gasteiger partial charge in [-0.1, -0.05) is 26.7 Å². The maximum atomic E-state index is 12.0. The second kappa shape index (κ2) is 37.9. The Morgan fingerprint density at radius 1 is 0.509 bits per heavy atom. The van der Waals surface area contributed by atoms with Gasteiger partial charge in [0.2, 0.25) is 5.91 Å². The normalized spacial score (nSPS) is 11.8. The van der Waals surface area contributed by atoms with E-state index in [4.69, 9.17) is 56.8 Å². The molecule has 0 saturated heterocycles. The van der Waals surface area contributed by atoms with Gasteiger partial charge in [-0.15, -0.1) is 0 Å². The van der Waals surface area contributed by atoms with Crippen LogP contribution < -0.4 is 10.1 Å². The van der Waals surface area contributed by atoms with Crippen molar-refractivity contribution < 1.29 is 66.4 Å². The summed E-state index contributed by atoms with van der Waals surface area (Å²) in [5, 5.41) is 2.71. The fourth-order valence-corrected chi connectivity index (χ4v) is 4.40. The van der Waals surface area contributed by atoms with Crippen molar-refractivity contribution in [1.29, 1.82) is 0 Å².